The number of aryl methyl sites for hydroxylation is 1. The number of halogens is 1. The first-order chi connectivity index (χ1) is 18.3. The number of benzene rings is 2. The van der Waals surface area contributed by atoms with E-state index >= 15 is 0 Å². The average Bonchev–Trinajstić information content (AvgIpc) is 3.51. The van der Waals surface area contributed by atoms with Gasteiger partial charge in [-0.1, -0.05) is 13.0 Å². The van der Waals surface area contributed by atoms with Gasteiger partial charge in [-0.05, 0) is 94.2 Å². The Morgan fingerprint density at radius 2 is 1.92 bits per heavy atom. The van der Waals surface area contributed by atoms with Crippen molar-refractivity contribution in [2.75, 3.05) is 26.7 Å². The molecule has 1 saturated heterocycles. The van der Waals surface area contributed by atoms with Crippen molar-refractivity contribution < 1.29 is 9.50 Å². The SMILES string of the molecule is CCc1cc(O)c(F)cc1-c1ccc2c(-c3nc4c([nH]3)CN(C3CCN(C)CC3)CC4)nn(C(C)C)c2c1. The van der Waals surface area contributed by atoms with Crippen molar-refractivity contribution in [1.82, 2.24) is 29.5 Å². The van der Waals surface area contributed by atoms with Gasteiger partial charge in [0.25, 0.3) is 0 Å². The molecule has 2 N–H and O–H groups in total. The first-order valence-electron chi connectivity index (χ1n) is 13.9. The Kier molecular flexibility index (Phi) is 6.48. The molecule has 0 unspecified atom stereocenters. The molecule has 0 amide bonds. The highest BCUT2D eigenvalue weighted by atomic mass is 19.1. The lowest BCUT2D eigenvalue weighted by atomic mass is 9.96. The summed E-state index contributed by atoms with van der Waals surface area (Å²) in [4.78, 5) is 13.7. The molecule has 38 heavy (non-hydrogen) atoms. The number of phenolic OH excluding ortho intramolecular Hbond substituents is 1. The molecule has 2 aliphatic rings. The molecular weight excluding hydrogens is 479 g/mol. The number of hydrogen-bond donors (Lipinski definition) is 2. The Hall–Kier alpha value is -3.23. The van der Waals surface area contributed by atoms with Crippen LogP contribution in [0.25, 0.3) is 33.5 Å². The van der Waals surface area contributed by atoms with Gasteiger partial charge in [0.15, 0.2) is 17.4 Å². The number of rotatable bonds is 5. The molecule has 4 aromatic rings. The number of aromatic hydroxyl groups is 1. The van der Waals surface area contributed by atoms with Crippen LogP contribution >= 0.6 is 0 Å². The molecule has 0 atom stereocenters. The minimum Gasteiger partial charge on any atom is -0.505 e. The van der Waals surface area contributed by atoms with Crippen molar-refractivity contribution in [2.45, 2.75) is 65.1 Å². The molecule has 7 nitrogen and oxygen atoms in total. The van der Waals surface area contributed by atoms with Crippen molar-refractivity contribution in [3.8, 4) is 28.4 Å². The fourth-order valence-electron chi connectivity index (χ4n) is 6.14. The number of nitrogens with one attached hydrogen (secondary N) is 1. The van der Waals surface area contributed by atoms with E-state index in [0.717, 1.165) is 64.3 Å². The topological polar surface area (TPSA) is 73.2 Å². The first kappa shape index (κ1) is 25.1. The van der Waals surface area contributed by atoms with Crippen LogP contribution in [-0.4, -0.2) is 67.4 Å². The number of phenols is 1. The predicted molar refractivity (Wildman–Crippen MR) is 149 cm³/mol. The Balaban J connectivity index is 1.36. The van der Waals surface area contributed by atoms with Crippen LogP contribution in [0.2, 0.25) is 0 Å². The molecule has 2 aromatic carbocycles. The first-order valence-corrected chi connectivity index (χ1v) is 13.9. The highest BCUT2D eigenvalue weighted by molar-refractivity contribution is 5.94. The van der Waals surface area contributed by atoms with Gasteiger partial charge in [0, 0.05) is 37.0 Å². The normalized spacial score (nSPS) is 17.5. The number of aromatic nitrogens is 4. The third-order valence-corrected chi connectivity index (χ3v) is 8.35. The molecule has 1 fully saturated rings. The molecule has 4 heterocycles. The lowest BCUT2D eigenvalue weighted by molar-refractivity contribution is 0.108. The van der Waals surface area contributed by atoms with Crippen molar-refractivity contribution in [2.24, 2.45) is 0 Å². The second kappa shape index (κ2) is 9.82. The van der Waals surface area contributed by atoms with Crippen molar-refractivity contribution >= 4 is 10.9 Å². The fraction of sp³-hybridized carbons (Fsp3) is 0.467. The van der Waals surface area contributed by atoms with Crippen LogP contribution in [0.4, 0.5) is 4.39 Å². The molecule has 0 radical (unpaired) electrons. The van der Waals surface area contributed by atoms with Crippen LogP contribution in [0.3, 0.4) is 0 Å². The molecule has 0 saturated carbocycles. The van der Waals surface area contributed by atoms with E-state index in [1.165, 1.54) is 43.8 Å². The highest BCUT2D eigenvalue weighted by Crippen LogP contribution is 2.36. The number of imidazole rings is 1. The second-order valence-electron chi connectivity index (χ2n) is 11.2. The predicted octanol–water partition coefficient (Wildman–Crippen LogP) is 5.53. The van der Waals surface area contributed by atoms with Crippen LogP contribution in [0.15, 0.2) is 30.3 Å². The number of aromatic amines is 1. The molecule has 2 aromatic heterocycles. The van der Waals surface area contributed by atoms with Crippen LogP contribution in [0, 0.1) is 5.82 Å². The quantitative estimate of drug-likeness (QED) is 0.365. The number of fused-ring (bicyclic) bond motifs is 2. The largest absolute Gasteiger partial charge is 0.505 e. The fourth-order valence-corrected chi connectivity index (χ4v) is 6.14. The molecule has 0 bridgehead atoms. The third kappa shape index (κ3) is 4.39. The molecule has 200 valence electrons. The monoisotopic (exact) mass is 516 g/mol. The van der Waals surface area contributed by atoms with E-state index in [9.17, 15) is 9.50 Å². The van der Waals surface area contributed by atoms with E-state index in [1.54, 1.807) is 0 Å². The third-order valence-electron chi connectivity index (χ3n) is 8.35. The summed E-state index contributed by atoms with van der Waals surface area (Å²) in [6.07, 6.45) is 4.10. The van der Waals surface area contributed by atoms with Gasteiger partial charge < -0.3 is 15.0 Å². The Bertz CT molecular complexity index is 1480. The summed E-state index contributed by atoms with van der Waals surface area (Å²) >= 11 is 0. The van der Waals surface area contributed by atoms with Crippen LogP contribution in [-0.2, 0) is 19.4 Å². The maximum Gasteiger partial charge on any atom is 0.165 e. The van der Waals surface area contributed by atoms with E-state index < -0.39 is 5.82 Å². The van der Waals surface area contributed by atoms with Crippen molar-refractivity contribution in [3.05, 3.63) is 53.1 Å². The molecular formula is C30H37FN6O. The molecule has 0 spiro atoms. The van der Waals surface area contributed by atoms with E-state index in [-0.39, 0.29) is 11.8 Å². The van der Waals surface area contributed by atoms with E-state index in [2.05, 4.69) is 47.8 Å². The van der Waals surface area contributed by atoms with Crippen LogP contribution < -0.4 is 0 Å². The summed E-state index contributed by atoms with van der Waals surface area (Å²) < 4.78 is 16.3. The summed E-state index contributed by atoms with van der Waals surface area (Å²) in [5, 5.41) is 15.9. The van der Waals surface area contributed by atoms with Gasteiger partial charge in [-0.15, -0.1) is 0 Å². The van der Waals surface area contributed by atoms with E-state index in [4.69, 9.17) is 10.1 Å². The Morgan fingerprint density at radius 3 is 2.66 bits per heavy atom. The number of hydrogen-bond acceptors (Lipinski definition) is 5. The maximum atomic E-state index is 14.3. The van der Waals surface area contributed by atoms with Gasteiger partial charge in [-0.25, -0.2) is 9.37 Å². The van der Waals surface area contributed by atoms with Crippen molar-refractivity contribution in [1.29, 1.82) is 0 Å². The summed E-state index contributed by atoms with van der Waals surface area (Å²) in [5.41, 5.74) is 6.83. The minimum atomic E-state index is -0.606. The zero-order valence-corrected chi connectivity index (χ0v) is 22.8. The van der Waals surface area contributed by atoms with Gasteiger partial charge in [0.05, 0.1) is 16.9 Å². The number of likely N-dealkylation sites (tertiary alicyclic amines) is 1. The Labute approximate surface area is 223 Å². The summed E-state index contributed by atoms with van der Waals surface area (Å²) in [7, 11) is 2.21. The zero-order valence-electron chi connectivity index (χ0n) is 22.8. The van der Waals surface area contributed by atoms with Gasteiger partial charge >= 0.3 is 0 Å². The summed E-state index contributed by atoms with van der Waals surface area (Å²) in [6.45, 7) is 10.5. The molecule has 6 rings (SSSR count). The average molecular weight is 517 g/mol. The number of H-pyrrole nitrogens is 1. The highest BCUT2D eigenvalue weighted by Gasteiger charge is 2.29. The number of nitrogens with zero attached hydrogens (tertiary/aromatic N) is 5. The van der Waals surface area contributed by atoms with Crippen LogP contribution in [0.1, 0.15) is 56.6 Å². The van der Waals surface area contributed by atoms with Crippen LogP contribution in [0.5, 0.6) is 5.75 Å². The molecule has 8 heteroatoms. The van der Waals surface area contributed by atoms with Gasteiger partial charge in [-0.3, -0.25) is 9.58 Å². The number of piperidine rings is 1. The Morgan fingerprint density at radius 1 is 1.13 bits per heavy atom. The summed E-state index contributed by atoms with van der Waals surface area (Å²) in [5.74, 6) is -0.0922. The van der Waals surface area contributed by atoms with Gasteiger partial charge in [-0.2, -0.15) is 5.10 Å². The lowest BCUT2D eigenvalue weighted by Gasteiger charge is -2.38. The standard InChI is InChI=1S/C30H37FN6O/c1-5-19-15-28(38)24(31)16-23(19)20-6-7-22-27(14-20)37(18(2)3)34-29(22)30-32-25-10-13-36(17-26(25)33-30)21-8-11-35(4)12-9-21/h6-7,14-16,18,21,38H,5,8-13,17H2,1-4H3,(H,32,33). The van der Waals surface area contributed by atoms with Gasteiger partial charge in [0.1, 0.15) is 5.69 Å². The smallest absolute Gasteiger partial charge is 0.165 e. The van der Waals surface area contributed by atoms with Crippen molar-refractivity contribution in [3.63, 3.8) is 0 Å². The zero-order chi connectivity index (χ0) is 26.6. The minimum absolute atomic E-state index is 0.146. The summed E-state index contributed by atoms with van der Waals surface area (Å²) in [6, 6.07) is 9.93. The van der Waals surface area contributed by atoms with Gasteiger partial charge in [0.2, 0.25) is 0 Å². The second-order valence-corrected chi connectivity index (χ2v) is 11.2. The maximum absolute atomic E-state index is 14.3. The molecule has 0 aliphatic carbocycles. The van der Waals surface area contributed by atoms with E-state index in [0.29, 0.717) is 12.5 Å². The lowest BCUT2D eigenvalue weighted by Crippen LogP contribution is -2.45. The molecule has 2 aliphatic heterocycles. The van der Waals surface area contributed by atoms with E-state index in [1.807, 2.05) is 17.7 Å².